The molecule has 140 valence electrons. The second-order valence-corrected chi connectivity index (χ2v) is 7.92. The van der Waals surface area contributed by atoms with E-state index in [0.717, 1.165) is 48.8 Å². The molecule has 3 aliphatic rings. The first-order valence-electron chi connectivity index (χ1n) is 9.93. The van der Waals surface area contributed by atoms with Gasteiger partial charge in [-0.15, -0.1) is 0 Å². The molecule has 0 radical (unpaired) electrons. The lowest BCUT2D eigenvalue weighted by molar-refractivity contribution is -0.138. The Kier molecular flexibility index (Phi) is 4.12. The number of nitrogens with zero attached hydrogens (tertiary/aromatic N) is 2. The number of cyclic esters (lactones) is 1. The zero-order valence-corrected chi connectivity index (χ0v) is 15.4. The average molecular weight is 364 g/mol. The topological polar surface area (TPSA) is 49.9 Å². The molecule has 0 spiro atoms. The van der Waals surface area contributed by atoms with Gasteiger partial charge in [-0.25, -0.2) is 4.79 Å². The van der Waals surface area contributed by atoms with E-state index >= 15 is 0 Å². The van der Waals surface area contributed by atoms with Crippen molar-refractivity contribution in [1.82, 2.24) is 9.80 Å². The number of carbonyl (C=O) groups excluding carboxylic acids is 2. The number of hydrogen-bond acceptors (Lipinski definition) is 4. The monoisotopic (exact) mass is 364 g/mol. The van der Waals surface area contributed by atoms with Crippen LogP contribution in [0.2, 0.25) is 0 Å². The number of benzene rings is 2. The number of esters is 1. The van der Waals surface area contributed by atoms with Crippen molar-refractivity contribution in [3.8, 4) is 0 Å². The van der Waals surface area contributed by atoms with Crippen LogP contribution in [0.4, 0.5) is 0 Å². The van der Waals surface area contributed by atoms with Crippen LogP contribution in [-0.2, 0) is 22.7 Å². The van der Waals surface area contributed by atoms with Crippen LogP contribution in [0.5, 0.6) is 0 Å². The van der Waals surface area contributed by atoms with E-state index < -0.39 is 0 Å². The first-order chi connectivity index (χ1) is 13.2. The second-order valence-electron chi connectivity index (χ2n) is 7.92. The molecule has 2 heterocycles. The van der Waals surface area contributed by atoms with Crippen LogP contribution in [-0.4, -0.2) is 47.4 Å². The van der Waals surface area contributed by atoms with Gasteiger partial charge < -0.3 is 9.64 Å². The van der Waals surface area contributed by atoms with Gasteiger partial charge in [-0.05, 0) is 35.4 Å². The van der Waals surface area contributed by atoms with E-state index in [1.165, 1.54) is 18.4 Å². The highest BCUT2D eigenvalue weighted by molar-refractivity contribution is 6.08. The SMILES string of the molecule is O=C1OCc2ccc(CN3CCN(C4CCCC4)C(=O)C3)c3cccc1c23. The third-order valence-electron chi connectivity index (χ3n) is 6.29. The molecular formula is C22H24N2O3. The third kappa shape index (κ3) is 2.90. The lowest BCUT2D eigenvalue weighted by Crippen LogP contribution is -2.53. The van der Waals surface area contributed by atoms with Crippen molar-refractivity contribution >= 4 is 22.6 Å². The fraction of sp³-hybridized carbons (Fsp3) is 0.455. The van der Waals surface area contributed by atoms with Gasteiger partial charge in [0.05, 0.1) is 12.1 Å². The van der Waals surface area contributed by atoms with Crippen LogP contribution in [0.3, 0.4) is 0 Å². The molecule has 0 aromatic heterocycles. The number of carbonyl (C=O) groups is 2. The van der Waals surface area contributed by atoms with Crippen molar-refractivity contribution in [3.05, 3.63) is 47.0 Å². The molecule has 27 heavy (non-hydrogen) atoms. The van der Waals surface area contributed by atoms with E-state index in [0.29, 0.717) is 24.8 Å². The van der Waals surface area contributed by atoms with Crippen molar-refractivity contribution in [1.29, 1.82) is 0 Å². The minimum atomic E-state index is -0.245. The smallest absolute Gasteiger partial charge is 0.339 e. The Bertz CT molecular complexity index is 917. The van der Waals surface area contributed by atoms with E-state index in [1.54, 1.807) is 0 Å². The Morgan fingerprint density at radius 2 is 1.89 bits per heavy atom. The molecule has 0 atom stereocenters. The van der Waals surface area contributed by atoms with E-state index in [1.807, 2.05) is 12.1 Å². The van der Waals surface area contributed by atoms with Gasteiger partial charge in [0, 0.05) is 31.1 Å². The fourth-order valence-corrected chi connectivity index (χ4v) is 4.90. The molecule has 2 aromatic carbocycles. The summed E-state index contributed by atoms with van der Waals surface area (Å²) in [6, 6.07) is 10.5. The fourth-order valence-electron chi connectivity index (χ4n) is 4.90. The molecule has 5 heteroatoms. The van der Waals surface area contributed by atoms with Crippen molar-refractivity contribution in [3.63, 3.8) is 0 Å². The molecule has 1 saturated heterocycles. The highest BCUT2D eigenvalue weighted by Gasteiger charge is 2.31. The summed E-state index contributed by atoms with van der Waals surface area (Å²) in [5, 5.41) is 2.12. The normalized spacial score (nSPS) is 21.1. The maximum atomic E-state index is 12.7. The lowest BCUT2D eigenvalue weighted by Gasteiger charge is -2.38. The summed E-state index contributed by atoms with van der Waals surface area (Å²) in [5.41, 5.74) is 2.89. The predicted molar refractivity (Wildman–Crippen MR) is 102 cm³/mol. The summed E-state index contributed by atoms with van der Waals surface area (Å²) in [7, 11) is 0. The van der Waals surface area contributed by atoms with Crippen molar-refractivity contribution in [2.75, 3.05) is 19.6 Å². The molecule has 2 fully saturated rings. The van der Waals surface area contributed by atoms with Crippen LogP contribution < -0.4 is 0 Å². The molecule has 0 bridgehead atoms. The summed E-state index contributed by atoms with van der Waals surface area (Å²) in [6.45, 7) is 3.30. The Morgan fingerprint density at radius 1 is 1.04 bits per heavy atom. The van der Waals surface area contributed by atoms with Gasteiger partial charge in [-0.1, -0.05) is 37.1 Å². The summed E-state index contributed by atoms with van der Waals surface area (Å²) in [4.78, 5) is 29.1. The molecule has 0 N–H and O–H groups in total. The minimum Gasteiger partial charge on any atom is -0.457 e. The van der Waals surface area contributed by atoms with Crippen molar-refractivity contribution < 1.29 is 14.3 Å². The Labute approximate surface area is 158 Å². The van der Waals surface area contributed by atoms with Crippen molar-refractivity contribution in [2.24, 2.45) is 0 Å². The zero-order valence-electron chi connectivity index (χ0n) is 15.4. The Balaban J connectivity index is 1.38. The molecular weight excluding hydrogens is 340 g/mol. The molecule has 2 aliphatic heterocycles. The number of amides is 1. The van der Waals surface area contributed by atoms with Crippen LogP contribution >= 0.6 is 0 Å². The summed E-state index contributed by atoms with van der Waals surface area (Å²) >= 11 is 0. The molecule has 1 saturated carbocycles. The summed E-state index contributed by atoms with van der Waals surface area (Å²) < 4.78 is 5.26. The van der Waals surface area contributed by atoms with E-state index in [-0.39, 0.29) is 11.9 Å². The Morgan fingerprint density at radius 3 is 2.70 bits per heavy atom. The number of piperazine rings is 1. The van der Waals surface area contributed by atoms with E-state index in [2.05, 4.69) is 28.0 Å². The maximum Gasteiger partial charge on any atom is 0.339 e. The molecule has 5 nitrogen and oxygen atoms in total. The minimum absolute atomic E-state index is 0.245. The number of rotatable bonds is 3. The highest BCUT2D eigenvalue weighted by Crippen LogP contribution is 2.32. The van der Waals surface area contributed by atoms with Gasteiger partial charge in [0.2, 0.25) is 5.91 Å². The summed E-state index contributed by atoms with van der Waals surface area (Å²) in [5.74, 6) is 0.0186. The molecule has 2 aromatic rings. The molecule has 0 unspecified atom stereocenters. The molecule has 1 amide bonds. The first kappa shape index (κ1) is 16.8. The van der Waals surface area contributed by atoms with Crippen LogP contribution in [0.15, 0.2) is 30.3 Å². The summed E-state index contributed by atoms with van der Waals surface area (Å²) in [6.07, 6.45) is 4.83. The maximum absolute atomic E-state index is 12.7. The largest absolute Gasteiger partial charge is 0.457 e. The van der Waals surface area contributed by atoms with Crippen LogP contribution in [0, 0.1) is 0 Å². The quantitative estimate of drug-likeness (QED) is 0.786. The van der Waals surface area contributed by atoms with Gasteiger partial charge in [0.25, 0.3) is 0 Å². The van der Waals surface area contributed by atoms with Gasteiger partial charge in [-0.3, -0.25) is 9.69 Å². The second kappa shape index (κ2) is 6.64. The lowest BCUT2D eigenvalue weighted by atomic mass is 9.94. The van der Waals surface area contributed by atoms with Gasteiger partial charge in [-0.2, -0.15) is 0 Å². The Hall–Kier alpha value is -2.40. The number of hydrogen-bond donors (Lipinski definition) is 0. The molecule has 5 rings (SSSR count). The van der Waals surface area contributed by atoms with Crippen LogP contribution in [0.25, 0.3) is 10.8 Å². The highest BCUT2D eigenvalue weighted by atomic mass is 16.5. The predicted octanol–water partition coefficient (Wildman–Crippen LogP) is 3.10. The average Bonchev–Trinajstić information content (AvgIpc) is 3.21. The van der Waals surface area contributed by atoms with E-state index in [4.69, 9.17) is 4.74 Å². The van der Waals surface area contributed by atoms with Gasteiger partial charge >= 0.3 is 5.97 Å². The van der Waals surface area contributed by atoms with Gasteiger partial charge in [0.15, 0.2) is 0 Å². The van der Waals surface area contributed by atoms with E-state index in [9.17, 15) is 9.59 Å². The van der Waals surface area contributed by atoms with Gasteiger partial charge in [0.1, 0.15) is 6.61 Å². The number of ether oxygens (including phenoxy) is 1. The molecule has 1 aliphatic carbocycles. The van der Waals surface area contributed by atoms with Crippen molar-refractivity contribution in [2.45, 2.75) is 44.9 Å². The standard InChI is InChI=1S/C22H24N2O3/c25-20-13-23(10-11-24(20)17-4-1-2-5-17)12-15-8-9-16-14-27-22(26)19-7-3-6-18(15)21(16)19/h3,6-9,17H,1-2,4-5,10-14H2. The third-order valence-corrected chi connectivity index (χ3v) is 6.29. The first-order valence-corrected chi connectivity index (χ1v) is 9.93. The zero-order chi connectivity index (χ0) is 18.4. The van der Waals surface area contributed by atoms with Crippen LogP contribution in [0.1, 0.15) is 47.2 Å².